The van der Waals surface area contributed by atoms with Crippen molar-refractivity contribution in [3.63, 3.8) is 0 Å². The van der Waals surface area contributed by atoms with Crippen molar-refractivity contribution in [2.45, 2.75) is 38.1 Å². The van der Waals surface area contributed by atoms with E-state index >= 15 is 0 Å². The fraction of sp³-hybridized carbons (Fsp3) is 0.538. The SMILES string of the molecule is Cl.NC1CCCCC1Cc1nc(-c2cccs2)no1. The second-order valence-electron chi connectivity index (χ2n) is 4.90. The molecular weight excluding hydrogens is 282 g/mol. The largest absolute Gasteiger partial charge is 0.339 e. The van der Waals surface area contributed by atoms with Crippen molar-refractivity contribution < 1.29 is 4.52 Å². The molecule has 2 atom stereocenters. The molecular formula is C13H18ClN3OS. The van der Waals surface area contributed by atoms with Crippen LogP contribution in [0, 0.1) is 5.92 Å². The first-order valence-corrected chi connectivity index (χ1v) is 7.33. The minimum Gasteiger partial charge on any atom is -0.339 e. The maximum absolute atomic E-state index is 6.14. The van der Waals surface area contributed by atoms with Gasteiger partial charge in [0.25, 0.3) is 0 Å². The number of hydrogen-bond donors (Lipinski definition) is 1. The van der Waals surface area contributed by atoms with Crippen molar-refractivity contribution >= 4 is 23.7 Å². The minimum atomic E-state index is 0. The molecule has 1 aliphatic rings. The number of nitrogens with zero attached hydrogens (tertiary/aromatic N) is 2. The van der Waals surface area contributed by atoms with Gasteiger partial charge in [0.2, 0.25) is 11.7 Å². The van der Waals surface area contributed by atoms with E-state index in [1.807, 2.05) is 17.5 Å². The molecule has 1 aliphatic carbocycles. The fourth-order valence-electron chi connectivity index (χ4n) is 2.56. The zero-order valence-electron chi connectivity index (χ0n) is 10.6. The third kappa shape index (κ3) is 3.35. The molecule has 0 amide bonds. The maximum Gasteiger partial charge on any atom is 0.227 e. The van der Waals surface area contributed by atoms with Crippen molar-refractivity contribution in [2.75, 3.05) is 0 Å². The highest BCUT2D eigenvalue weighted by Crippen LogP contribution is 2.27. The van der Waals surface area contributed by atoms with Gasteiger partial charge in [-0.2, -0.15) is 4.98 Å². The second-order valence-corrected chi connectivity index (χ2v) is 5.85. The maximum atomic E-state index is 6.14. The predicted molar refractivity (Wildman–Crippen MR) is 78.5 cm³/mol. The summed E-state index contributed by atoms with van der Waals surface area (Å²) in [5, 5.41) is 6.05. The lowest BCUT2D eigenvalue weighted by Crippen LogP contribution is -2.34. The van der Waals surface area contributed by atoms with Gasteiger partial charge in [0.1, 0.15) is 0 Å². The van der Waals surface area contributed by atoms with E-state index < -0.39 is 0 Å². The Labute approximate surface area is 122 Å². The molecule has 0 aliphatic heterocycles. The monoisotopic (exact) mass is 299 g/mol. The highest BCUT2D eigenvalue weighted by molar-refractivity contribution is 7.13. The van der Waals surface area contributed by atoms with Crippen LogP contribution in [0.4, 0.5) is 0 Å². The summed E-state index contributed by atoms with van der Waals surface area (Å²) in [7, 11) is 0. The standard InChI is InChI=1S/C13H17N3OS.ClH/c14-10-5-2-1-4-9(10)8-12-15-13(16-17-12)11-6-3-7-18-11;/h3,6-7,9-10H,1-2,4-5,8,14H2;1H. The summed E-state index contributed by atoms with van der Waals surface area (Å²) in [6, 6.07) is 4.29. The molecule has 2 aromatic heterocycles. The number of thiophene rings is 1. The third-order valence-electron chi connectivity index (χ3n) is 3.61. The summed E-state index contributed by atoms with van der Waals surface area (Å²) < 4.78 is 5.33. The van der Waals surface area contributed by atoms with Gasteiger partial charge in [-0.25, -0.2) is 0 Å². The molecule has 19 heavy (non-hydrogen) atoms. The summed E-state index contributed by atoms with van der Waals surface area (Å²) in [5.41, 5.74) is 6.14. The number of rotatable bonds is 3. The van der Waals surface area contributed by atoms with Crippen LogP contribution in [0.25, 0.3) is 10.7 Å². The Hall–Kier alpha value is -0.910. The first-order valence-electron chi connectivity index (χ1n) is 6.45. The average molecular weight is 300 g/mol. The minimum absolute atomic E-state index is 0. The molecule has 2 unspecified atom stereocenters. The van der Waals surface area contributed by atoms with Gasteiger partial charge >= 0.3 is 0 Å². The molecule has 2 aromatic rings. The summed E-state index contributed by atoms with van der Waals surface area (Å²) in [4.78, 5) is 5.51. The predicted octanol–water partition coefficient (Wildman–Crippen LogP) is 3.28. The molecule has 1 fully saturated rings. The van der Waals surface area contributed by atoms with Gasteiger partial charge in [0.05, 0.1) is 4.88 Å². The van der Waals surface area contributed by atoms with Crippen molar-refractivity contribution in [1.29, 1.82) is 0 Å². The van der Waals surface area contributed by atoms with Crippen LogP contribution in [-0.2, 0) is 6.42 Å². The average Bonchev–Trinajstić information content (AvgIpc) is 3.02. The molecule has 4 nitrogen and oxygen atoms in total. The Bertz CT molecular complexity index is 500. The number of hydrogen-bond acceptors (Lipinski definition) is 5. The Morgan fingerprint density at radius 2 is 2.21 bits per heavy atom. The molecule has 1 saturated carbocycles. The number of halogens is 1. The van der Waals surface area contributed by atoms with Gasteiger partial charge in [-0.3, -0.25) is 0 Å². The van der Waals surface area contributed by atoms with Crippen molar-refractivity contribution in [3.8, 4) is 10.7 Å². The molecule has 0 spiro atoms. The van der Waals surface area contributed by atoms with Crippen molar-refractivity contribution in [1.82, 2.24) is 10.1 Å². The molecule has 0 saturated heterocycles. The summed E-state index contributed by atoms with van der Waals surface area (Å²) >= 11 is 1.63. The van der Waals surface area contributed by atoms with Gasteiger partial charge in [0.15, 0.2) is 0 Å². The van der Waals surface area contributed by atoms with Gasteiger partial charge in [0, 0.05) is 12.5 Å². The smallest absolute Gasteiger partial charge is 0.227 e. The van der Waals surface area contributed by atoms with Gasteiger partial charge < -0.3 is 10.3 Å². The number of aromatic nitrogens is 2. The highest BCUT2D eigenvalue weighted by atomic mass is 35.5. The van der Waals surface area contributed by atoms with Crippen LogP contribution in [0.3, 0.4) is 0 Å². The van der Waals surface area contributed by atoms with Gasteiger partial charge in [-0.15, -0.1) is 23.7 Å². The summed E-state index contributed by atoms with van der Waals surface area (Å²) in [6.45, 7) is 0. The lowest BCUT2D eigenvalue weighted by Gasteiger charge is -2.27. The van der Waals surface area contributed by atoms with Crippen LogP contribution < -0.4 is 5.73 Å². The van der Waals surface area contributed by atoms with Crippen LogP contribution in [0.5, 0.6) is 0 Å². The van der Waals surface area contributed by atoms with E-state index in [0.717, 1.165) is 23.6 Å². The van der Waals surface area contributed by atoms with E-state index in [9.17, 15) is 0 Å². The molecule has 0 radical (unpaired) electrons. The van der Waals surface area contributed by atoms with Crippen molar-refractivity contribution in [3.05, 3.63) is 23.4 Å². The fourth-order valence-corrected chi connectivity index (χ4v) is 3.21. The van der Waals surface area contributed by atoms with Gasteiger partial charge in [-0.1, -0.05) is 24.1 Å². The second kappa shape index (κ2) is 6.50. The molecule has 0 aromatic carbocycles. The van der Waals surface area contributed by atoms with E-state index in [1.54, 1.807) is 11.3 Å². The Morgan fingerprint density at radius 3 is 2.95 bits per heavy atom. The molecule has 6 heteroatoms. The van der Waals surface area contributed by atoms with Crippen LogP contribution in [-0.4, -0.2) is 16.2 Å². The molecule has 2 N–H and O–H groups in total. The van der Waals surface area contributed by atoms with Crippen LogP contribution in [0.1, 0.15) is 31.6 Å². The third-order valence-corrected chi connectivity index (χ3v) is 4.48. The summed E-state index contributed by atoms with van der Waals surface area (Å²) in [5.74, 6) is 1.92. The van der Waals surface area contributed by atoms with Crippen LogP contribution in [0.15, 0.2) is 22.0 Å². The first kappa shape index (κ1) is 14.5. The van der Waals surface area contributed by atoms with E-state index in [4.69, 9.17) is 10.3 Å². The first-order chi connectivity index (χ1) is 8.83. The van der Waals surface area contributed by atoms with E-state index in [2.05, 4.69) is 10.1 Å². The number of nitrogens with two attached hydrogens (primary N) is 1. The molecule has 3 rings (SSSR count). The lowest BCUT2D eigenvalue weighted by molar-refractivity contribution is 0.273. The molecule has 0 bridgehead atoms. The quantitative estimate of drug-likeness (QED) is 0.944. The van der Waals surface area contributed by atoms with Crippen molar-refractivity contribution in [2.24, 2.45) is 11.7 Å². The molecule has 104 valence electrons. The van der Waals surface area contributed by atoms with E-state index in [0.29, 0.717) is 11.7 Å². The van der Waals surface area contributed by atoms with Crippen LogP contribution >= 0.6 is 23.7 Å². The normalized spacial score (nSPS) is 23.0. The van der Waals surface area contributed by atoms with E-state index in [1.165, 1.54) is 19.3 Å². The Morgan fingerprint density at radius 1 is 1.37 bits per heavy atom. The topological polar surface area (TPSA) is 64.9 Å². The Balaban J connectivity index is 0.00000133. The van der Waals surface area contributed by atoms with E-state index in [-0.39, 0.29) is 18.4 Å². The lowest BCUT2D eigenvalue weighted by atomic mass is 9.83. The summed E-state index contributed by atoms with van der Waals surface area (Å²) in [6.07, 6.45) is 5.64. The zero-order valence-corrected chi connectivity index (χ0v) is 12.3. The zero-order chi connectivity index (χ0) is 12.4. The molecule has 2 heterocycles. The Kier molecular flexibility index (Phi) is 4.96. The van der Waals surface area contributed by atoms with Gasteiger partial charge in [-0.05, 0) is 30.2 Å². The van der Waals surface area contributed by atoms with Crippen LogP contribution in [0.2, 0.25) is 0 Å². The highest BCUT2D eigenvalue weighted by Gasteiger charge is 2.24.